The molecule has 0 saturated heterocycles. The lowest BCUT2D eigenvalue weighted by Gasteiger charge is -2.10. The highest BCUT2D eigenvalue weighted by molar-refractivity contribution is 5.99. The number of hydrogen-bond donors (Lipinski definition) is 2. The van der Waals surface area contributed by atoms with Crippen molar-refractivity contribution in [2.24, 2.45) is 0 Å². The molecule has 6 nitrogen and oxygen atoms in total. The van der Waals surface area contributed by atoms with Gasteiger partial charge in [0.15, 0.2) is 6.61 Å². The fourth-order valence-electron chi connectivity index (χ4n) is 2.83. The smallest absolute Gasteiger partial charge is 0.355 e. The van der Waals surface area contributed by atoms with Crippen molar-refractivity contribution in [3.8, 4) is 11.1 Å². The van der Waals surface area contributed by atoms with Crippen molar-refractivity contribution in [1.29, 1.82) is 0 Å². The second kappa shape index (κ2) is 10.5. The zero-order valence-corrected chi connectivity index (χ0v) is 17.0. The Bertz CT molecular complexity index is 1080. The minimum atomic E-state index is -0.798. The second-order valence-electron chi connectivity index (χ2n) is 6.72. The maximum atomic E-state index is 12.4. The van der Waals surface area contributed by atoms with Crippen LogP contribution in [0, 0.1) is 0 Å². The molecule has 0 bridgehead atoms. The van der Waals surface area contributed by atoms with Gasteiger partial charge in [-0.15, -0.1) is 0 Å². The highest BCUT2D eigenvalue weighted by Crippen LogP contribution is 2.21. The molecule has 0 radical (unpaired) electrons. The number of ether oxygens (including phenoxy) is 1. The van der Waals surface area contributed by atoms with E-state index in [0.29, 0.717) is 11.3 Å². The zero-order chi connectivity index (χ0) is 22.1. The van der Waals surface area contributed by atoms with Crippen LogP contribution in [0.15, 0.2) is 90.6 Å². The number of benzene rings is 3. The minimum absolute atomic E-state index is 0.0429. The van der Waals surface area contributed by atoms with Crippen LogP contribution in [0.2, 0.25) is 0 Å². The predicted octanol–water partition coefficient (Wildman–Crippen LogP) is 4.01. The summed E-state index contributed by atoms with van der Waals surface area (Å²) < 4.78 is 5.07. The van der Waals surface area contributed by atoms with Gasteiger partial charge in [-0.05, 0) is 34.9 Å². The standard InChI is InChI=1S/C25H22N2O4/c1-18(28)26-23(16-19-8-4-2-5-9-19)25(30)31-17-24(29)27-22-14-12-21(13-15-22)20-10-6-3-7-11-20/h2-16H,17H2,1H3,(H,26,28)(H,27,29)/b23-16-. The van der Waals surface area contributed by atoms with E-state index in [4.69, 9.17) is 4.74 Å². The molecule has 0 heterocycles. The minimum Gasteiger partial charge on any atom is -0.451 e. The molecule has 0 spiro atoms. The van der Waals surface area contributed by atoms with Crippen molar-refractivity contribution in [2.75, 3.05) is 11.9 Å². The molecule has 156 valence electrons. The fraction of sp³-hybridized carbons (Fsp3) is 0.0800. The molecule has 0 fully saturated rings. The van der Waals surface area contributed by atoms with E-state index in [-0.39, 0.29) is 5.70 Å². The first-order valence-corrected chi connectivity index (χ1v) is 9.68. The first kappa shape index (κ1) is 21.5. The maximum Gasteiger partial charge on any atom is 0.355 e. The van der Waals surface area contributed by atoms with Crippen LogP contribution in [-0.2, 0) is 19.1 Å². The summed E-state index contributed by atoms with van der Waals surface area (Å²) in [5, 5.41) is 5.12. The van der Waals surface area contributed by atoms with Gasteiger partial charge in [-0.1, -0.05) is 72.8 Å². The number of esters is 1. The largest absolute Gasteiger partial charge is 0.451 e. The van der Waals surface area contributed by atoms with E-state index >= 15 is 0 Å². The lowest BCUT2D eigenvalue weighted by molar-refractivity contribution is -0.144. The number of nitrogens with one attached hydrogen (secondary N) is 2. The van der Waals surface area contributed by atoms with Gasteiger partial charge in [-0.25, -0.2) is 4.79 Å². The molecule has 0 saturated carbocycles. The molecule has 0 aliphatic heterocycles. The molecular weight excluding hydrogens is 392 g/mol. The number of anilines is 1. The van der Waals surface area contributed by atoms with Crippen molar-refractivity contribution in [3.05, 3.63) is 96.2 Å². The molecule has 31 heavy (non-hydrogen) atoms. The molecule has 3 rings (SSSR count). The van der Waals surface area contributed by atoms with E-state index in [1.807, 2.05) is 48.5 Å². The molecule has 0 aromatic heterocycles. The maximum absolute atomic E-state index is 12.4. The molecular formula is C25H22N2O4. The number of amides is 2. The van der Waals surface area contributed by atoms with Crippen LogP contribution >= 0.6 is 0 Å². The third kappa shape index (κ3) is 6.68. The average molecular weight is 414 g/mol. The van der Waals surface area contributed by atoms with E-state index in [0.717, 1.165) is 11.1 Å². The third-order valence-corrected chi connectivity index (χ3v) is 4.25. The molecule has 0 aliphatic carbocycles. The van der Waals surface area contributed by atoms with Crippen molar-refractivity contribution in [1.82, 2.24) is 5.32 Å². The molecule has 3 aromatic carbocycles. The van der Waals surface area contributed by atoms with Gasteiger partial charge in [-0.3, -0.25) is 9.59 Å². The number of hydrogen-bond acceptors (Lipinski definition) is 4. The summed E-state index contributed by atoms with van der Waals surface area (Å²) in [5.74, 6) is -1.70. The van der Waals surface area contributed by atoms with Crippen molar-refractivity contribution in [3.63, 3.8) is 0 Å². The van der Waals surface area contributed by atoms with Crippen molar-refractivity contribution < 1.29 is 19.1 Å². The first-order valence-electron chi connectivity index (χ1n) is 9.68. The SMILES string of the molecule is CC(=O)N/C(=C\c1ccccc1)C(=O)OCC(=O)Nc1ccc(-c2ccccc2)cc1. The monoisotopic (exact) mass is 414 g/mol. The molecule has 0 aliphatic rings. The highest BCUT2D eigenvalue weighted by atomic mass is 16.5. The fourth-order valence-corrected chi connectivity index (χ4v) is 2.83. The Morgan fingerprint density at radius 3 is 2.00 bits per heavy atom. The topological polar surface area (TPSA) is 84.5 Å². The molecule has 0 atom stereocenters. The Hall–Kier alpha value is -4.19. The molecule has 2 N–H and O–H groups in total. The molecule has 0 unspecified atom stereocenters. The van der Waals surface area contributed by atoms with Crippen LogP contribution < -0.4 is 10.6 Å². The van der Waals surface area contributed by atoms with E-state index < -0.39 is 24.4 Å². The van der Waals surface area contributed by atoms with E-state index in [1.54, 1.807) is 36.4 Å². The van der Waals surface area contributed by atoms with Gasteiger partial charge in [-0.2, -0.15) is 0 Å². The molecule has 2 amide bonds. The quantitative estimate of drug-likeness (QED) is 0.452. The Labute approximate surface area is 180 Å². The van der Waals surface area contributed by atoms with E-state index in [1.165, 1.54) is 13.0 Å². The van der Waals surface area contributed by atoms with Gasteiger partial charge in [0.2, 0.25) is 5.91 Å². The molecule has 6 heteroatoms. The van der Waals surface area contributed by atoms with Crippen LogP contribution in [-0.4, -0.2) is 24.4 Å². The lowest BCUT2D eigenvalue weighted by Crippen LogP contribution is -2.28. The lowest BCUT2D eigenvalue weighted by atomic mass is 10.1. The zero-order valence-electron chi connectivity index (χ0n) is 17.0. The summed E-state index contributed by atoms with van der Waals surface area (Å²) in [4.78, 5) is 36.0. The Morgan fingerprint density at radius 1 is 0.806 bits per heavy atom. The second-order valence-corrected chi connectivity index (χ2v) is 6.72. The van der Waals surface area contributed by atoms with Gasteiger partial charge >= 0.3 is 5.97 Å². The van der Waals surface area contributed by atoms with Gasteiger partial charge in [0.25, 0.3) is 5.91 Å². The van der Waals surface area contributed by atoms with Crippen LogP contribution in [0.25, 0.3) is 17.2 Å². The van der Waals surface area contributed by atoms with Crippen molar-refractivity contribution >= 4 is 29.5 Å². The number of rotatable bonds is 7. The summed E-state index contributed by atoms with van der Waals surface area (Å²) in [7, 11) is 0. The molecule has 3 aromatic rings. The highest BCUT2D eigenvalue weighted by Gasteiger charge is 2.15. The van der Waals surface area contributed by atoms with E-state index in [2.05, 4.69) is 10.6 Å². The number of carbonyl (C=O) groups is 3. The van der Waals surface area contributed by atoms with Gasteiger partial charge in [0.05, 0.1) is 0 Å². The first-order chi connectivity index (χ1) is 15.0. The Morgan fingerprint density at radius 2 is 1.39 bits per heavy atom. The van der Waals surface area contributed by atoms with Crippen LogP contribution in [0.3, 0.4) is 0 Å². The summed E-state index contributed by atoms with van der Waals surface area (Å²) in [6, 6.07) is 26.2. The number of carbonyl (C=O) groups excluding carboxylic acids is 3. The van der Waals surface area contributed by atoms with Crippen LogP contribution in [0.1, 0.15) is 12.5 Å². The van der Waals surface area contributed by atoms with E-state index in [9.17, 15) is 14.4 Å². The average Bonchev–Trinajstić information content (AvgIpc) is 2.78. The Balaban J connectivity index is 1.58. The van der Waals surface area contributed by atoms with Gasteiger partial charge in [0, 0.05) is 12.6 Å². The van der Waals surface area contributed by atoms with Gasteiger partial charge in [0.1, 0.15) is 5.70 Å². The summed E-state index contributed by atoms with van der Waals surface area (Å²) in [5.41, 5.74) is 3.36. The summed E-state index contributed by atoms with van der Waals surface area (Å²) in [6.45, 7) is 0.808. The normalized spacial score (nSPS) is 10.8. The predicted molar refractivity (Wildman–Crippen MR) is 120 cm³/mol. The van der Waals surface area contributed by atoms with Crippen molar-refractivity contribution in [2.45, 2.75) is 6.92 Å². The van der Waals surface area contributed by atoms with Crippen LogP contribution in [0.4, 0.5) is 5.69 Å². The summed E-state index contributed by atoms with van der Waals surface area (Å²) >= 11 is 0. The van der Waals surface area contributed by atoms with Gasteiger partial charge < -0.3 is 15.4 Å². The van der Waals surface area contributed by atoms with Crippen LogP contribution in [0.5, 0.6) is 0 Å². The Kier molecular flexibility index (Phi) is 7.32. The third-order valence-electron chi connectivity index (χ3n) is 4.25. The summed E-state index contributed by atoms with van der Waals surface area (Å²) in [6.07, 6.45) is 1.49.